The maximum Gasteiger partial charge on any atom is 0.0662 e. The topological polar surface area (TPSA) is 35.5 Å². The minimum Gasteiger partial charge on any atom is -0.392 e. The van der Waals surface area contributed by atoms with Gasteiger partial charge in [-0.25, -0.2) is 0 Å². The van der Waals surface area contributed by atoms with Crippen LogP contribution in [0.15, 0.2) is 0 Å². The summed E-state index contributed by atoms with van der Waals surface area (Å²) in [5.74, 6) is 0. The van der Waals surface area contributed by atoms with Gasteiger partial charge in [-0.3, -0.25) is 0 Å². The predicted molar refractivity (Wildman–Crippen MR) is 54.8 cm³/mol. The first-order valence-corrected chi connectivity index (χ1v) is 5.23. The van der Waals surface area contributed by atoms with Crippen molar-refractivity contribution in [1.29, 1.82) is 0 Å². The van der Waals surface area contributed by atoms with E-state index in [9.17, 15) is 5.11 Å². The summed E-state index contributed by atoms with van der Waals surface area (Å²) in [6.07, 6.45) is 2.47. The molecule has 2 N–H and O–H groups in total. The van der Waals surface area contributed by atoms with Crippen LogP contribution in [0.1, 0.15) is 26.7 Å². The quantitative estimate of drug-likeness (QED) is 0.632. The van der Waals surface area contributed by atoms with Gasteiger partial charge in [0.1, 0.15) is 0 Å². The average molecular weight is 186 g/mol. The molecule has 3 heteroatoms. The molecule has 78 valence electrons. The molecule has 0 aliphatic heterocycles. The molecular weight excluding hydrogens is 164 g/mol. The van der Waals surface area contributed by atoms with E-state index in [1.807, 2.05) is 13.8 Å². The number of nitrogens with one attached hydrogen (secondary N) is 1. The molecule has 1 fully saturated rings. The van der Waals surface area contributed by atoms with Crippen molar-refractivity contribution in [3.63, 3.8) is 0 Å². The Labute approximate surface area is 81.1 Å². The fourth-order valence-corrected chi connectivity index (χ4v) is 1.34. The molecule has 0 radical (unpaired) electrons. The summed E-state index contributed by atoms with van der Waals surface area (Å²) in [6, 6.07) is 1.04. The van der Waals surface area contributed by atoms with Crippen LogP contribution in [0.4, 0.5) is 0 Å². The predicted octanol–water partition coefficient (Wildman–Crippen LogP) is 0.439. The monoisotopic (exact) mass is 186 g/mol. The first-order chi connectivity index (χ1) is 6.11. The minimum absolute atomic E-state index is 0.201. The largest absolute Gasteiger partial charge is 0.392 e. The first-order valence-electron chi connectivity index (χ1n) is 5.23. The number of hydrogen-bond donors (Lipinski definition) is 2. The SMILES string of the molecule is CC(O)C(C)NCCN(C)C1CC1. The van der Waals surface area contributed by atoms with E-state index in [0.29, 0.717) is 0 Å². The van der Waals surface area contributed by atoms with Crippen LogP contribution in [0.5, 0.6) is 0 Å². The summed E-state index contributed by atoms with van der Waals surface area (Å²) in [5, 5.41) is 12.5. The van der Waals surface area contributed by atoms with Gasteiger partial charge in [-0.05, 0) is 33.7 Å². The lowest BCUT2D eigenvalue weighted by atomic mass is 10.2. The maximum atomic E-state index is 9.23. The molecule has 0 aromatic heterocycles. The van der Waals surface area contributed by atoms with Crippen LogP contribution in [0.25, 0.3) is 0 Å². The van der Waals surface area contributed by atoms with Gasteiger partial charge in [0.2, 0.25) is 0 Å². The van der Waals surface area contributed by atoms with Crippen molar-refractivity contribution in [2.24, 2.45) is 0 Å². The third-order valence-electron chi connectivity index (χ3n) is 2.82. The Morgan fingerprint density at radius 1 is 1.46 bits per heavy atom. The van der Waals surface area contributed by atoms with Gasteiger partial charge in [0.25, 0.3) is 0 Å². The fraction of sp³-hybridized carbons (Fsp3) is 1.00. The summed E-state index contributed by atoms with van der Waals surface area (Å²) in [7, 11) is 2.17. The second-order valence-corrected chi connectivity index (χ2v) is 4.20. The molecule has 1 aliphatic carbocycles. The van der Waals surface area contributed by atoms with Gasteiger partial charge in [0.05, 0.1) is 6.10 Å². The van der Waals surface area contributed by atoms with Gasteiger partial charge in [-0.1, -0.05) is 0 Å². The van der Waals surface area contributed by atoms with Crippen LogP contribution < -0.4 is 5.32 Å². The smallest absolute Gasteiger partial charge is 0.0662 e. The molecule has 1 aliphatic rings. The van der Waals surface area contributed by atoms with Crippen LogP contribution in [0.2, 0.25) is 0 Å². The Balaban J connectivity index is 1.99. The van der Waals surface area contributed by atoms with Crippen LogP contribution >= 0.6 is 0 Å². The standard InChI is InChI=1S/C10H22N2O/c1-8(9(2)13)11-6-7-12(3)10-4-5-10/h8-11,13H,4-7H2,1-3H3. The Hall–Kier alpha value is -0.120. The zero-order chi connectivity index (χ0) is 9.84. The molecule has 13 heavy (non-hydrogen) atoms. The van der Waals surface area contributed by atoms with E-state index < -0.39 is 0 Å². The van der Waals surface area contributed by atoms with Crippen molar-refractivity contribution in [3.8, 4) is 0 Å². The molecule has 0 saturated heterocycles. The van der Waals surface area contributed by atoms with Gasteiger partial charge in [-0.15, -0.1) is 0 Å². The Bertz CT molecular complexity index is 138. The zero-order valence-electron chi connectivity index (χ0n) is 8.95. The molecule has 2 unspecified atom stereocenters. The van der Waals surface area contributed by atoms with E-state index in [-0.39, 0.29) is 12.1 Å². The molecule has 1 saturated carbocycles. The summed E-state index contributed by atoms with van der Waals surface area (Å²) in [5.41, 5.74) is 0. The number of rotatable bonds is 6. The summed E-state index contributed by atoms with van der Waals surface area (Å²) >= 11 is 0. The van der Waals surface area contributed by atoms with Crippen LogP contribution in [-0.4, -0.2) is 48.3 Å². The summed E-state index contributed by atoms with van der Waals surface area (Å²) in [4.78, 5) is 2.39. The lowest BCUT2D eigenvalue weighted by Gasteiger charge is -2.20. The summed E-state index contributed by atoms with van der Waals surface area (Å²) < 4.78 is 0. The number of aliphatic hydroxyl groups is 1. The van der Waals surface area contributed by atoms with E-state index in [1.165, 1.54) is 12.8 Å². The maximum absolute atomic E-state index is 9.23. The fourth-order valence-electron chi connectivity index (χ4n) is 1.34. The molecule has 0 heterocycles. The molecule has 0 amide bonds. The van der Waals surface area contributed by atoms with Crippen LogP contribution in [0.3, 0.4) is 0 Å². The molecular formula is C10H22N2O. The second kappa shape index (κ2) is 4.94. The lowest BCUT2D eigenvalue weighted by Crippen LogP contribution is -2.40. The number of nitrogens with zero attached hydrogens (tertiary/aromatic N) is 1. The van der Waals surface area contributed by atoms with Gasteiger partial charge in [-0.2, -0.15) is 0 Å². The Morgan fingerprint density at radius 2 is 2.08 bits per heavy atom. The summed E-state index contributed by atoms with van der Waals surface area (Å²) in [6.45, 7) is 5.89. The molecule has 0 bridgehead atoms. The van der Waals surface area contributed by atoms with Gasteiger partial charge in [0, 0.05) is 25.2 Å². The van der Waals surface area contributed by atoms with Crippen molar-refractivity contribution in [1.82, 2.24) is 10.2 Å². The van der Waals surface area contributed by atoms with E-state index in [2.05, 4.69) is 17.3 Å². The van der Waals surface area contributed by atoms with Gasteiger partial charge in [0.15, 0.2) is 0 Å². The second-order valence-electron chi connectivity index (χ2n) is 4.20. The highest BCUT2D eigenvalue weighted by atomic mass is 16.3. The molecule has 3 nitrogen and oxygen atoms in total. The molecule has 0 aromatic rings. The van der Waals surface area contributed by atoms with Crippen molar-refractivity contribution in [2.45, 2.75) is 44.9 Å². The van der Waals surface area contributed by atoms with Crippen molar-refractivity contribution < 1.29 is 5.11 Å². The molecule has 2 atom stereocenters. The van der Waals surface area contributed by atoms with E-state index in [1.54, 1.807) is 0 Å². The van der Waals surface area contributed by atoms with Crippen LogP contribution in [0, 0.1) is 0 Å². The normalized spacial score (nSPS) is 21.9. The van der Waals surface area contributed by atoms with Crippen molar-refractivity contribution in [2.75, 3.05) is 20.1 Å². The minimum atomic E-state index is -0.258. The van der Waals surface area contributed by atoms with Gasteiger partial charge < -0.3 is 15.3 Å². The highest BCUT2D eigenvalue weighted by molar-refractivity contribution is 4.82. The highest BCUT2D eigenvalue weighted by Gasteiger charge is 2.25. The van der Waals surface area contributed by atoms with E-state index >= 15 is 0 Å². The third-order valence-corrected chi connectivity index (χ3v) is 2.82. The molecule has 0 aromatic carbocycles. The van der Waals surface area contributed by atoms with E-state index in [4.69, 9.17) is 0 Å². The van der Waals surface area contributed by atoms with Crippen LogP contribution in [-0.2, 0) is 0 Å². The number of aliphatic hydroxyl groups excluding tert-OH is 1. The Morgan fingerprint density at radius 3 is 2.54 bits per heavy atom. The number of hydrogen-bond acceptors (Lipinski definition) is 3. The molecule has 1 rings (SSSR count). The third kappa shape index (κ3) is 4.07. The van der Waals surface area contributed by atoms with E-state index in [0.717, 1.165) is 19.1 Å². The highest BCUT2D eigenvalue weighted by Crippen LogP contribution is 2.24. The average Bonchev–Trinajstić information content (AvgIpc) is 2.85. The first kappa shape index (κ1) is 11.0. The molecule has 0 spiro atoms. The van der Waals surface area contributed by atoms with Crippen molar-refractivity contribution >= 4 is 0 Å². The van der Waals surface area contributed by atoms with Gasteiger partial charge >= 0.3 is 0 Å². The Kier molecular flexibility index (Phi) is 4.16. The lowest BCUT2D eigenvalue weighted by molar-refractivity contribution is 0.150. The van der Waals surface area contributed by atoms with Crippen molar-refractivity contribution in [3.05, 3.63) is 0 Å². The number of likely N-dealkylation sites (N-methyl/N-ethyl adjacent to an activating group) is 1. The zero-order valence-corrected chi connectivity index (χ0v) is 8.95.